The minimum atomic E-state index is -0.609. The lowest BCUT2D eigenvalue weighted by Crippen LogP contribution is -1.96. The Bertz CT molecular complexity index is 550. The summed E-state index contributed by atoms with van der Waals surface area (Å²) >= 11 is 0. The van der Waals surface area contributed by atoms with E-state index in [1.807, 2.05) is 12.1 Å². The number of para-hydroxylation sites is 1. The number of hydrogen-bond donors (Lipinski definition) is 1. The minimum Gasteiger partial charge on any atom is -0.457 e. The van der Waals surface area contributed by atoms with Crippen LogP contribution in [-0.2, 0) is 0 Å². The average molecular weight is 246 g/mol. The van der Waals surface area contributed by atoms with Crippen LogP contribution in [0.15, 0.2) is 42.5 Å². The molecule has 3 heteroatoms. The van der Waals surface area contributed by atoms with Gasteiger partial charge in [0.05, 0.1) is 6.10 Å². The molecule has 0 saturated carbocycles. The van der Waals surface area contributed by atoms with Crippen LogP contribution in [0.3, 0.4) is 0 Å². The summed E-state index contributed by atoms with van der Waals surface area (Å²) in [6.07, 6.45) is -0.609. The highest BCUT2D eigenvalue weighted by Crippen LogP contribution is 2.30. The van der Waals surface area contributed by atoms with E-state index in [2.05, 4.69) is 0 Å². The van der Waals surface area contributed by atoms with Gasteiger partial charge in [-0.05, 0) is 43.7 Å². The first kappa shape index (κ1) is 12.6. The molecule has 0 spiro atoms. The van der Waals surface area contributed by atoms with Gasteiger partial charge in [0.25, 0.3) is 0 Å². The molecule has 2 aromatic rings. The summed E-state index contributed by atoms with van der Waals surface area (Å²) in [5, 5.41) is 9.64. The van der Waals surface area contributed by atoms with E-state index in [1.54, 1.807) is 38.1 Å². The molecule has 18 heavy (non-hydrogen) atoms. The summed E-state index contributed by atoms with van der Waals surface area (Å²) < 4.78 is 18.8. The molecule has 2 nitrogen and oxygen atoms in total. The molecular formula is C15H15FO2. The zero-order chi connectivity index (χ0) is 13.1. The van der Waals surface area contributed by atoms with Crippen LogP contribution in [0.5, 0.6) is 11.5 Å². The lowest BCUT2D eigenvalue weighted by Gasteiger charge is -2.13. The number of halogens is 1. The molecule has 2 aromatic carbocycles. The zero-order valence-corrected chi connectivity index (χ0v) is 10.4. The zero-order valence-electron chi connectivity index (χ0n) is 10.4. The predicted molar refractivity (Wildman–Crippen MR) is 68.3 cm³/mol. The maximum atomic E-state index is 13.1. The van der Waals surface area contributed by atoms with Crippen LogP contribution in [0.2, 0.25) is 0 Å². The predicted octanol–water partition coefficient (Wildman–Crippen LogP) is 3.98. The summed E-state index contributed by atoms with van der Waals surface area (Å²) in [5.74, 6) is 0.881. The highest BCUT2D eigenvalue weighted by molar-refractivity contribution is 5.40. The Balaban J connectivity index is 2.31. The Kier molecular flexibility index (Phi) is 3.63. The molecule has 1 N–H and O–H groups in total. The maximum Gasteiger partial charge on any atom is 0.133 e. The summed E-state index contributed by atoms with van der Waals surface area (Å²) in [4.78, 5) is 0. The van der Waals surface area contributed by atoms with Crippen molar-refractivity contribution in [1.29, 1.82) is 0 Å². The largest absolute Gasteiger partial charge is 0.457 e. The van der Waals surface area contributed by atoms with E-state index in [0.717, 1.165) is 0 Å². The quantitative estimate of drug-likeness (QED) is 0.887. The normalized spacial score (nSPS) is 12.2. The number of aryl methyl sites for hydroxylation is 1. The smallest absolute Gasteiger partial charge is 0.133 e. The number of aliphatic hydroxyl groups excluding tert-OH is 1. The van der Waals surface area contributed by atoms with Gasteiger partial charge in [0, 0.05) is 5.56 Å². The summed E-state index contributed by atoms with van der Waals surface area (Å²) in [6, 6.07) is 11.8. The van der Waals surface area contributed by atoms with Crippen molar-refractivity contribution in [3.05, 3.63) is 59.4 Å². The molecule has 0 heterocycles. The van der Waals surface area contributed by atoms with Crippen LogP contribution in [0.4, 0.5) is 4.39 Å². The number of rotatable bonds is 3. The van der Waals surface area contributed by atoms with Crippen molar-refractivity contribution in [2.24, 2.45) is 0 Å². The summed E-state index contributed by atoms with van der Waals surface area (Å²) in [6.45, 7) is 3.36. The fraction of sp³-hybridized carbons (Fsp3) is 0.200. The van der Waals surface area contributed by atoms with Crippen LogP contribution in [0.1, 0.15) is 24.2 Å². The molecule has 0 aliphatic heterocycles. The van der Waals surface area contributed by atoms with Gasteiger partial charge in [0.15, 0.2) is 0 Å². The fourth-order valence-corrected chi connectivity index (χ4v) is 1.73. The summed E-state index contributed by atoms with van der Waals surface area (Å²) in [5.41, 5.74) is 1.24. The molecule has 0 unspecified atom stereocenters. The molecular weight excluding hydrogens is 231 g/mol. The van der Waals surface area contributed by atoms with Gasteiger partial charge in [-0.3, -0.25) is 0 Å². The van der Waals surface area contributed by atoms with Crippen LogP contribution < -0.4 is 4.74 Å². The van der Waals surface area contributed by atoms with Gasteiger partial charge in [-0.15, -0.1) is 0 Å². The van der Waals surface area contributed by atoms with Gasteiger partial charge < -0.3 is 9.84 Å². The number of benzene rings is 2. The van der Waals surface area contributed by atoms with Gasteiger partial charge >= 0.3 is 0 Å². The van der Waals surface area contributed by atoms with Crippen molar-refractivity contribution in [1.82, 2.24) is 0 Å². The molecule has 0 aliphatic carbocycles. The average Bonchev–Trinajstić information content (AvgIpc) is 2.34. The fourth-order valence-electron chi connectivity index (χ4n) is 1.73. The van der Waals surface area contributed by atoms with Gasteiger partial charge in [0.2, 0.25) is 0 Å². The van der Waals surface area contributed by atoms with E-state index in [4.69, 9.17) is 4.74 Å². The van der Waals surface area contributed by atoms with Crippen molar-refractivity contribution in [3.63, 3.8) is 0 Å². The molecule has 0 aromatic heterocycles. The third-order valence-corrected chi connectivity index (χ3v) is 2.73. The lowest BCUT2D eigenvalue weighted by molar-refractivity contribution is 0.195. The lowest BCUT2D eigenvalue weighted by atomic mass is 10.1. The van der Waals surface area contributed by atoms with Crippen LogP contribution in [-0.4, -0.2) is 5.11 Å². The Labute approximate surface area is 106 Å². The Hall–Kier alpha value is -1.87. The number of aliphatic hydroxyl groups is 1. The first-order valence-electron chi connectivity index (χ1n) is 5.79. The van der Waals surface area contributed by atoms with E-state index < -0.39 is 6.10 Å². The van der Waals surface area contributed by atoms with Crippen LogP contribution in [0.25, 0.3) is 0 Å². The Morgan fingerprint density at radius 3 is 2.56 bits per heavy atom. The Morgan fingerprint density at radius 2 is 1.89 bits per heavy atom. The van der Waals surface area contributed by atoms with E-state index in [0.29, 0.717) is 22.6 Å². The molecule has 0 fully saturated rings. The van der Waals surface area contributed by atoms with Gasteiger partial charge in [-0.25, -0.2) is 4.39 Å². The molecule has 1 atom stereocenters. The monoisotopic (exact) mass is 246 g/mol. The molecule has 0 aliphatic rings. The first-order chi connectivity index (χ1) is 8.58. The highest BCUT2D eigenvalue weighted by atomic mass is 19.1. The molecule has 0 saturated heterocycles. The van der Waals surface area contributed by atoms with Crippen molar-refractivity contribution >= 4 is 0 Å². The van der Waals surface area contributed by atoms with Crippen LogP contribution >= 0.6 is 0 Å². The molecule has 0 amide bonds. The second-order valence-corrected chi connectivity index (χ2v) is 4.23. The van der Waals surface area contributed by atoms with Crippen molar-refractivity contribution in [2.75, 3.05) is 0 Å². The van der Waals surface area contributed by atoms with E-state index in [1.165, 1.54) is 6.07 Å². The highest BCUT2D eigenvalue weighted by Gasteiger charge is 2.09. The van der Waals surface area contributed by atoms with E-state index >= 15 is 0 Å². The third kappa shape index (κ3) is 2.68. The topological polar surface area (TPSA) is 29.5 Å². The van der Waals surface area contributed by atoms with Crippen molar-refractivity contribution < 1.29 is 14.2 Å². The van der Waals surface area contributed by atoms with Crippen molar-refractivity contribution in [2.45, 2.75) is 20.0 Å². The standard InChI is InChI=1S/C15H15FO2/c1-10-9-12(7-8-14(10)16)18-15-6-4-3-5-13(15)11(2)17/h3-9,11,17H,1-2H3/t11-/m1/s1. The maximum absolute atomic E-state index is 13.1. The third-order valence-electron chi connectivity index (χ3n) is 2.73. The SMILES string of the molecule is Cc1cc(Oc2ccccc2[C@@H](C)O)ccc1F. The van der Waals surface area contributed by atoms with E-state index in [9.17, 15) is 9.50 Å². The second kappa shape index (κ2) is 5.19. The number of ether oxygens (including phenoxy) is 1. The van der Waals surface area contributed by atoms with Crippen molar-refractivity contribution in [3.8, 4) is 11.5 Å². The van der Waals surface area contributed by atoms with Gasteiger partial charge in [0.1, 0.15) is 17.3 Å². The van der Waals surface area contributed by atoms with E-state index in [-0.39, 0.29) is 5.82 Å². The molecule has 0 bridgehead atoms. The second-order valence-electron chi connectivity index (χ2n) is 4.23. The van der Waals surface area contributed by atoms with Crippen LogP contribution in [0, 0.1) is 12.7 Å². The summed E-state index contributed by atoms with van der Waals surface area (Å²) in [7, 11) is 0. The Morgan fingerprint density at radius 1 is 1.17 bits per heavy atom. The van der Waals surface area contributed by atoms with Gasteiger partial charge in [-0.1, -0.05) is 18.2 Å². The first-order valence-corrected chi connectivity index (χ1v) is 5.79. The molecule has 94 valence electrons. The van der Waals surface area contributed by atoms with Gasteiger partial charge in [-0.2, -0.15) is 0 Å². The molecule has 2 rings (SSSR count). The minimum absolute atomic E-state index is 0.258. The molecule has 0 radical (unpaired) electrons. The number of hydrogen-bond acceptors (Lipinski definition) is 2.